The van der Waals surface area contributed by atoms with Crippen LogP contribution in [0, 0.1) is 17.0 Å². The maximum atomic E-state index is 10.9. The number of hydrogen-bond donors (Lipinski definition) is 0. The van der Waals surface area contributed by atoms with Crippen molar-refractivity contribution in [3.05, 3.63) is 82.5 Å². The summed E-state index contributed by atoms with van der Waals surface area (Å²) < 4.78 is 0. The lowest BCUT2D eigenvalue weighted by Gasteiger charge is -2.11. The summed E-state index contributed by atoms with van der Waals surface area (Å²) in [5.74, 6) is 0. The molecule has 4 heteroatoms. The monoisotopic (exact) mass is 290 g/mol. The van der Waals surface area contributed by atoms with Gasteiger partial charge in [-0.3, -0.25) is 10.1 Å². The zero-order valence-electron chi connectivity index (χ0n) is 12.1. The van der Waals surface area contributed by atoms with Gasteiger partial charge in [-0.25, -0.2) is 4.98 Å². The summed E-state index contributed by atoms with van der Waals surface area (Å²) in [7, 11) is 0. The van der Waals surface area contributed by atoms with E-state index in [-0.39, 0.29) is 5.69 Å². The normalized spacial score (nSPS) is 10.4. The Morgan fingerprint density at radius 3 is 2.23 bits per heavy atom. The van der Waals surface area contributed by atoms with Gasteiger partial charge in [0, 0.05) is 11.6 Å². The van der Waals surface area contributed by atoms with Gasteiger partial charge < -0.3 is 0 Å². The molecule has 1 heterocycles. The standard InChI is InChI=1S/C18H14N2O2/c1-13-11-15(20(21)22)12-19-18(13)17-10-6-5-9-16(17)14-7-3-2-4-8-14/h2-12H,1H3. The molecular formula is C18H14N2O2. The molecular weight excluding hydrogens is 276 g/mol. The summed E-state index contributed by atoms with van der Waals surface area (Å²) in [6.45, 7) is 1.84. The number of aromatic nitrogens is 1. The van der Waals surface area contributed by atoms with Crippen molar-refractivity contribution < 1.29 is 4.92 Å². The van der Waals surface area contributed by atoms with Crippen molar-refractivity contribution >= 4 is 5.69 Å². The van der Waals surface area contributed by atoms with Crippen molar-refractivity contribution in [2.45, 2.75) is 6.92 Å². The van der Waals surface area contributed by atoms with Crippen LogP contribution in [0.5, 0.6) is 0 Å². The van der Waals surface area contributed by atoms with Crippen molar-refractivity contribution in [3.8, 4) is 22.4 Å². The van der Waals surface area contributed by atoms with Gasteiger partial charge in [-0.2, -0.15) is 0 Å². The van der Waals surface area contributed by atoms with Crippen molar-refractivity contribution in [1.82, 2.24) is 4.98 Å². The highest BCUT2D eigenvalue weighted by atomic mass is 16.6. The van der Waals surface area contributed by atoms with Crippen LogP contribution in [0.3, 0.4) is 0 Å². The number of nitro groups is 1. The summed E-state index contributed by atoms with van der Waals surface area (Å²) in [5.41, 5.74) is 4.70. The first-order valence-corrected chi connectivity index (χ1v) is 6.92. The van der Waals surface area contributed by atoms with E-state index in [1.54, 1.807) is 6.07 Å². The highest BCUT2D eigenvalue weighted by Crippen LogP contribution is 2.33. The molecule has 108 valence electrons. The smallest absolute Gasteiger partial charge is 0.258 e. The van der Waals surface area contributed by atoms with Crippen LogP contribution in [0.25, 0.3) is 22.4 Å². The minimum atomic E-state index is -0.424. The van der Waals surface area contributed by atoms with Gasteiger partial charge in [0.2, 0.25) is 0 Å². The molecule has 2 aromatic carbocycles. The lowest BCUT2D eigenvalue weighted by molar-refractivity contribution is -0.385. The highest BCUT2D eigenvalue weighted by Gasteiger charge is 2.14. The predicted molar refractivity (Wildman–Crippen MR) is 86.5 cm³/mol. The lowest BCUT2D eigenvalue weighted by atomic mass is 9.95. The zero-order chi connectivity index (χ0) is 15.5. The van der Waals surface area contributed by atoms with Crippen LogP contribution in [-0.2, 0) is 0 Å². The first-order valence-electron chi connectivity index (χ1n) is 6.92. The molecule has 0 spiro atoms. The third-order valence-corrected chi connectivity index (χ3v) is 3.54. The number of benzene rings is 2. The van der Waals surface area contributed by atoms with E-state index < -0.39 is 4.92 Å². The van der Waals surface area contributed by atoms with E-state index >= 15 is 0 Å². The van der Waals surface area contributed by atoms with Crippen molar-refractivity contribution in [2.75, 3.05) is 0 Å². The fourth-order valence-corrected chi connectivity index (χ4v) is 2.50. The summed E-state index contributed by atoms with van der Waals surface area (Å²) >= 11 is 0. The van der Waals surface area contributed by atoms with E-state index in [0.717, 1.165) is 27.9 Å². The van der Waals surface area contributed by atoms with Gasteiger partial charge in [0.25, 0.3) is 5.69 Å². The Hall–Kier alpha value is -3.01. The maximum Gasteiger partial charge on any atom is 0.287 e. The quantitative estimate of drug-likeness (QED) is 0.522. The average Bonchev–Trinajstić information content (AvgIpc) is 2.55. The third kappa shape index (κ3) is 2.59. The fraction of sp³-hybridized carbons (Fsp3) is 0.0556. The minimum absolute atomic E-state index is 0.0124. The van der Waals surface area contributed by atoms with Gasteiger partial charge in [-0.1, -0.05) is 54.6 Å². The lowest BCUT2D eigenvalue weighted by Crippen LogP contribution is -1.95. The molecule has 0 fully saturated rings. The van der Waals surface area contributed by atoms with Gasteiger partial charge in [-0.15, -0.1) is 0 Å². The zero-order valence-corrected chi connectivity index (χ0v) is 12.1. The molecule has 0 saturated carbocycles. The van der Waals surface area contributed by atoms with E-state index in [2.05, 4.69) is 4.98 Å². The van der Waals surface area contributed by atoms with Gasteiger partial charge >= 0.3 is 0 Å². The Morgan fingerprint density at radius 2 is 1.59 bits per heavy atom. The van der Waals surface area contributed by atoms with Crippen molar-refractivity contribution in [2.24, 2.45) is 0 Å². The average molecular weight is 290 g/mol. The first-order chi connectivity index (χ1) is 10.7. The highest BCUT2D eigenvalue weighted by molar-refractivity contribution is 5.83. The summed E-state index contributed by atoms with van der Waals surface area (Å²) in [6, 6.07) is 19.5. The van der Waals surface area contributed by atoms with Crippen LogP contribution in [0.15, 0.2) is 66.9 Å². The molecule has 3 rings (SSSR count). The third-order valence-electron chi connectivity index (χ3n) is 3.54. The van der Waals surface area contributed by atoms with Crippen molar-refractivity contribution in [1.29, 1.82) is 0 Å². The second kappa shape index (κ2) is 5.77. The largest absolute Gasteiger partial charge is 0.287 e. The van der Waals surface area contributed by atoms with Crippen LogP contribution in [-0.4, -0.2) is 9.91 Å². The molecule has 0 N–H and O–H groups in total. The summed E-state index contributed by atoms with van der Waals surface area (Å²) in [4.78, 5) is 14.7. The molecule has 3 aromatic rings. The molecule has 0 atom stereocenters. The summed E-state index contributed by atoms with van der Waals surface area (Å²) in [6.07, 6.45) is 1.31. The van der Waals surface area contributed by atoms with E-state index in [1.807, 2.05) is 61.5 Å². The molecule has 0 aliphatic heterocycles. The van der Waals surface area contributed by atoms with Crippen LogP contribution in [0.4, 0.5) is 5.69 Å². The second-order valence-electron chi connectivity index (χ2n) is 5.03. The minimum Gasteiger partial charge on any atom is -0.258 e. The summed E-state index contributed by atoms with van der Waals surface area (Å²) in [5, 5.41) is 10.9. The van der Waals surface area contributed by atoms with Gasteiger partial charge in [0.1, 0.15) is 6.20 Å². The van der Waals surface area contributed by atoms with Gasteiger partial charge in [0.15, 0.2) is 0 Å². The van der Waals surface area contributed by atoms with E-state index in [4.69, 9.17) is 0 Å². The van der Waals surface area contributed by atoms with Gasteiger partial charge in [-0.05, 0) is 23.6 Å². The number of nitrogens with zero attached hydrogens (tertiary/aromatic N) is 2. The van der Waals surface area contributed by atoms with E-state index in [1.165, 1.54) is 6.20 Å². The number of rotatable bonds is 3. The predicted octanol–water partition coefficient (Wildman–Crippen LogP) is 4.63. The Balaban J connectivity index is 2.16. The Kier molecular flexibility index (Phi) is 3.66. The molecule has 0 aliphatic rings. The second-order valence-corrected chi connectivity index (χ2v) is 5.03. The van der Waals surface area contributed by atoms with E-state index in [0.29, 0.717) is 0 Å². The number of hydrogen-bond acceptors (Lipinski definition) is 3. The van der Waals surface area contributed by atoms with Crippen LogP contribution in [0.2, 0.25) is 0 Å². The molecule has 0 saturated heterocycles. The maximum absolute atomic E-state index is 10.9. The SMILES string of the molecule is Cc1cc([N+](=O)[O-])cnc1-c1ccccc1-c1ccccc1. The topological polar surface area (TPSA) is 56.0 Å². The fourth-order valence-electron chi connectivity index (χ4n) is 2.50. The Bertz CT molecular complexity index is 830. The number of aryl methyl sites for hydroxylation is 1. The first kappa shape index (κ1) is 13.9. The molecule has 0 amide bonds. The van der Waals surface area contributed by atoms with E-state index in [9.17, 15) is 10.1 Å². The molecule has 0 aliphatic carbocycles. The van der Waals surface area contributed by atoms with Gasteiger partial charge in [0.05, 0.1) is 10.6 Å². The van der Waals surface area contributed by atoms with Crippen molar-refractivity contribution in [3.63, 3.8) is 0 Å². The van der Waals surface area contributed by atoms with Crippen LogP contribution < -0.4 is 0 Å². The Labute approximate surface area is 128 Å². The molecule has 0 bridgehead atoms. The number of pyridine rings is 1. The van der Waals surface area contributed by atoms with Crippen LogP contribution in [0.1, 0.15) is 5.56 Å². The molecule has 0 radical (unpaired) electrons. The molecule has 4 nitrogen and oxygen atoms in total. The molecule has 1 aromatic heterocycles. The molecule has 0 unspecified atom stereocenters. The van der Waals surface area contributed by atoms with Crippen LogP contribution >= 0.6 is 0 Å². The molecule has 22 heavy (non-hydrogen) atoms. The Morgan fingerprint density at radius 1 is 0.955 bits per heavy atom.